The van der Waals surface area contributed by atoms with Gasteiger partial charge in [-0.2, -0.15) is 4.98 Å². The van der Waals surface area contributed by atoms with Crippen LogP contribution in [0.3, 0.4) is 0 Å². The molecule has 1 unspecified atom stereocenters. The molecule has 3 heterocycles. The summed E-state index contributed by atoms with van der Waals surface area (Å²) >= 11 is 0. The smallest absolute Gasteiger partial charge is 0.255 e. The van der Waals surface area contributed by atoms with Crippen LogP contribution in [0.15, 0.2) is 27.6 Å². The minimum Gasteiger partial charge on any atom is -0.338 e. The lowest BCUT2D eigenvalue weighted by Gasteiger charge is -2.37. The Bertz CT molecular complexity index is 790. The second kappa shape index (κ2) is 5.86. The van der Waals surface area contributed by atoms with Crippen LogP contribution in [0.4, 0.5) is 0 Å². The lowest BCUT2D eigenvalue weighted by atomic mass is 10.1. The van der Waals surface area contributed by atoms with Crippen molar-refractivity contribution in [2.45, 2.75) is 24.8 Å². The molecule has 1 saturated carbocycles. The molecule has 24 heavy (non-hydrogen) atoms. The predicted octanol–water partition coefficient (Wildman–Crippen LogP) is 0.764. The largest absolute Gasteiger partial charge is 0.338 e. The highest BCUT2D eigenvalue weighted by atomic mass is 16.5. The van der Waals surface area contributed by atoms with E-state index in [4.69, 9.17) is 4.52 Å². The first kappa shape index (κ1) is 15.1. The van der Waals surface area contributed by atoms with Crippen LogP contribution in [0.2, 0.25) is 0 Å². The van der Waals surface area contributed by atoms with Crippen molar-refractivity contribution in [3.63, 3.8) is 0 Å². The molecule has 0 spiro atoms. The van der Waals surface area contributed by atoms with Crippen molar-refractivity contribution in [3.8, 4) is 0 Å². The van der Waals surface area contributed by atoms with E-state index in [0.717, 1.165) is 25.2 Å². The molecule has 1 saturated heterocycles. The topological polar surface area (TPSA) is 95.3 Å². The van der Waals surface area contributed by atoms with Crippen LogP contribution < -0.4 is 5.56 Å². The van der Waals surface area contributed by atoms with Crippen LogP contribution >= 0.6 is 0 Å². The number of hydrogen-bond donors (Lipinski definition) is 1. The van der Waals surface area contributed by atoms with Crippen LogP contribution in [-0.4, -0.2) is 57.5 Å². The molecule has 8 heteroatoms. The number of piperazine rings is 1. The molecular weight excluding hydrogens is 310 g/mol. The summed E-state index contributed by atoms with van der Waals surface area (Å²) in [6.45, 7) is 1.83. The lowest BCUT2D eigenvalue weighted by molar-refractivity contribution is 0.0488. The van der Waals surface area contributed by atoms with Gasteiger partial charge in [0.25, 0.3) is 5.91 Å². The Labute approximate surface area is 138 Å². The summed E-state index contributed by atoms with van der Waals surface area (Å²) in [5.74, 6) is 1.68. The van der Waals surface area contributed by atoms with Gasteiger partial charge in [-0.25, -0.2) is 0 Å². The van der Waals surface area contributed by atoms with Crippen molar-refractivity contribution < 1.29 is 9.32 Å². The number of pyridine rings is 1. The molecule has 1 atom stereocenters. The van der Waals surface area contributed by atoms with Crippen molar-refractivity contribution in [2.24, 2.45) is 0 Å². The molecule has 2 fully saturated rings. The molecular formula is C16H19N5O3. The third kappa shape index (κ3) is 2.84. The molecule has 2 aliphatic rings. The quantitative estimate of drug-likeness (QED) is 0.893. The Morgan fingerprint density at radius 2 is 2.17 bits per heavy atom. The fourth-order valence-corrected chi connectivity index (χ4v) is 2.94. The number of aromatic amines is 1. The highest BCUT2D eigenvalue weighted by Crippen LogP contribution is 2.38. The van der Waals surface area contributed by atoms with Crippen molar-refractivity contribution in [2.75, 3.05) is 26.7 Å². The lowest BCUT2D eigenvalue weighted by Crippen LogP contribution is -2.49. The molecule has 2 aromatic rings. The highest BCUT2D eigenvalue weighted by Gasteiger charge is 2.35. The zero-order chi connectivity index (χ0) is 16.7. The van der Waals surface area contributed by atoms with Crippen LogP contribution in [-0.2, 0) is 0 Å². The number of nitrogens with zero attached hydrogens (tertiary/aromatic N) is 4. The molecule has 1 aliphatic heterocycles. The highest BCUT2D eigenvalue weighted by molar-refractivity contribution is 5.94. The van der Waals surface area contributed by atoms with E-state index in [0.29, 0.717) is 30.5 Å². The number of carbonyl (C=O) groups is 1. The van der Waals surface area contributed by atoms with Gasteiger partial charge in [0.1, 0.15) is 6.04 Å². The molecule has 126 valence electrons. The summed E-state index contributed by atoms with van der Waals surface area (Å²) in [5.41, 5.74) is 0.253. The number of carbonyl (C=O) groups excluding carboxylic acids is 1. The summed E-state index contributed by atoms with van der Waals surface area (Å²) < 4.78 is 5.44. The van der Waals surface area contributed by atoms with E-state index in [1.54, 1.807) is 11.0 Å². The Balaban J connectivity index is 1.52. The van der Waals surface area contributed by atoms with Crippen molar-refractivity contribution in [1.82, 2.24) is 24.9 Å². The molecule has 8 nitrogen and oxygen atoms in total. The third-order valence-electron chi connectivity index (χ3n) is 4.65. The van der Waals surface area contributed by atoms with Gasteiger partial charge in [0.2, 0.25) is 11.4 Å². The molecule has 1 aliphatic carbocycles. The standard InChI is InChI=1S/C16H19N5O3/c1-20-6-7-21(16(23)11-4-5-13(22)17-8-11)9-12(20)15-18-14(19-24-15)10-2-3-10/h4-5,8,10,12H,2-3,6-7,9H2,1H3,(H,17,22). The van der Waals surface area contributed by atoms with Gasteiger partial charge in [-0.3, -0.25) is 14.5 Å². The van der Waals surface area contributed by atoms with Gasteiger partial charge < -0.3 is 14.4 Å². The fourth-order valence-electron chi connectivity index (χ4n) is 2.94. The van der Waals surface area contributed by atoms with Gasteiger partial charge in [0, 0.05) is 37.8 Å². The van der Waals surface area contributed by atoms with Gasteiger partial charge in [-0.05, 0) is 26.0 Å². The van der Waals surface area contributed by atoms with Gasteiger partial charge in [-0.15, -0.1) is 0 Å². The Morgan fingerprint density at radius 3 is 2.88 bits per heavy atom. The summed E-state index contributed by atoms with van der Waals surface area (Å²) in [4.78, 5) is 34.7. The predicted molar refractivity (Wildman–Crippen MR) is 84.6 cm³/mol. The van der Waals surface area contributed by atoms with E-state index >= 15 is 0 Å². The molecule has 4 rings (SSSR count). The molecule has 0 aromatic carbocycles. The summed E-state index contributed by atoms with van der Waals surface area (Å²) in [7, 11) is 1.99. The molecule has 1 amide bonds. The maximum atomic E-state index is 12.6. The van der Waals surface area contributed by atoms with Crippen LogP contribution in [0.25, 0.3) is 0 Å². The van der Waals surface area contributed by atoms with Gasteiger partial charge in [0.05, 0.1) is 5.56 Å². The molecule has 0 radical (unpaired) electrons. The van der Waals surface area contributed by atoms with E-state index in [2.05, 4.69) is 20.0 Å². The average Bonchev–Trinajstić information content (AvgIpc) is 3.33. The maximum absolute atomic E-state index is 12.6. The Morgan fingerprint density at radius 1 is 1.33 bits per heavy atom. The first-order valence-corrected chi connectivity index (χ1v) is 8.13. The maximum Gasteiger partial charge on any atom is 0.255 e. The number of likely N-dealkylation sites (N-methyl/N-ethyl adjacent to an activating group) is 1. The van der Waals surface area contributed by atoms with Gasteiger partial charge in [0.15, 0.2) is 5.82 Å². The summed E-state index contributed by atoms with van der Waals surface area (Å²) in [6.07, 6.45) is 3.70. The zero-order valence-electron chi connectivity index (χ0n) is 13.4. The number of aromatic nitrogens is 3. The number of nitrogens with one attached hydrogen (secondary N) is 1. The van der Waals surface area contributed by atoms with Gasteiger partial charge >= 0.3 is 0 Å². The Hall–Kier alpha value is -2.48. The molecule has 2 aromatic heterocycles. The third-order valence-corrected chi connectivity index (χ3v) is 4.65. The second-order valence-electron chi connectivity index (χ2n) is 6.45. The minimum atomic E-state index is -0.221. The minimum absolute atomic E-state index is 0.105. The van der Waals surface area contributed by atoms with E-state index < -0.39 is 0 Å². The SMILES string of the molecule is CN1CCN(C(=O)c2ccc(=O)[nH]c2)CC1c1nc(C2CC2)no1. The van der Waals surface area contributed by atoms with Crippen LogP contribution in [0, 0.1) is 0 Å². The second-order valence-corrected chi connectivity index (χ2v) is 6.45. The van der Waals surface area contributed by atoms with E-state index in [-0.39, 0.29) is 17.5 Å². The monoisotopic (exact) mass is 329 g/mol. The molecule has 1 N–H and O–H groups in total. The average molecular weight is 329 g/mol. The number of H-pyrrole nitrogens is 1. The normalized spacial score (nSPS) is 21.9. The molecule has 0 bridgehead atoms. The van der Waals surface area contributed by atoms with Crippen LogP contribution in [0.5, 0.6) is 0 Å². The zero-order valence-corrected chi connectivity index (χ0v) is 13.4. The van der Waals surface area contributed by atoms with Gasteiger partial charge in [-0.1, -0.05) is 5.16 Å². The summed E-state index contributed by atoms with van der Waals surface area (Å²) in [6, 6.07) is 2.80. The van der Waals surface area contributed by atoms with E-state index in [9.17, 15) is 9.59 Å². The van der Waals surface area contributed by atoms with Crippen molar-refractivity contribution in [1.29, 1.82) is 0 Å². The van der Waals surface area contributed by atoms with Crippen LogP contribution in [0.1, 0.15) is 46.9 Å². The number of amides is 1. The number of hydrogen-bond acceptors (Lipinski definition) is 6. The fraction of sp³-hybridized carbons (Fsp3) is 0.500. The van der Waals surface area contributed by atoms with Crippen molar-refractivity contribution in [3.05, 3.63) is 46.0 Å². The first-order valence-electron chi connectivity index (χ1n) is 8.13. The van der Waals surface area contributed by atoms with Crippen molar-refractivity contribution >= 4 is 5.91 Å². The number of rotatable bonds is 3. The first-order chi connectivity index (χ1) is 11.6. The Kier molecular flexibility index (Phi) is 3.68. The van der Waals surface area contributed by atoms with E-state index in [1.165, 1.54) is 12.3 Å². The summed E-state index contributed by atoms with van der Waals surface area (Å²) in [5, 5.41) is 4.07. The van der Waals surface area contributed by atoms with E-state index in [1.807, 2.05) is 7.05 Å².